The average Bonchev–Trinajstić information content (AvgIpc) is 2.87. The van der Waals surface area contributed by atoms with Crippen molar-refractivity contribution in [1.29, 1.82) is 0 Å². The summed E-state index contributed by atoms with van der Waals surface area (Å²) in [5.74, 6) is -0.945. The van der Waals surface area contributed by atoms with Crippen molar-refractivity contribution in [2.24, 2.45) is 0 Å². The minimum Gasteiger partial charge on any atom is -0.476 e. The quantitative estimate of drug-likeness (QED) is 0.936. The first kappa shape index (κ1) is 13.8. The molecule has 0 bridgehead atoms. The normalized spacial score (nSPS) is 14.9. The van der Waals surface area contributed by atoms with Crippen LogP contribution in [0.3, 0.4) is 0 Å². The maximum Gasteiger partial charge on any atom is 0.356 e. The van der Waals surface area contributed by atoms with Crippen molar-refractivity contribution in [2.45, 2.75) is 26.3 Å². The zero-order valence-electron chi connectivity index (χ0n) is 12.1. The Morgan fingerprint density at radius 3 is 2.76 bits per heavy atom. The van der Waals surface area contributed by atoms with Crippen LogP contribution in [0.25, 0.3) is 5.69 Å². The van der Waals surface area contributed by atoms with Crippen LogP contribution in [0.2, 0.25) is 0 Å². The molecular formula is C16H19N3O2. The van der Waals surface area contributed by atoms with Crippen LogP contribution in [0.5, 0.6) is 0 Å². The van der Waals surface area contributed by atoms with Crippen LogP contribution in [0.1, 0.15) is 35.1 Å². The summed E-state index contributed by atoms with van der Waals surface area (Å²) in [7, 11) is 0. The lowest BCUT2D eigenvalue weighted by atomic mass is 10.0. The molecule has 2 heterocycles. The summed E-state index contributed by atoms with van der Waals surface area (Å²) in [6, 6.07) is 9.74. The first-order valence-corrected chi connectivity index (χ1v) is 7.32. The van der Waals surface area contributed by atoms with E-state index < -0.39 is 5.97 Å². The number of aromatic carboxylic acids is 1. The molecule has 21 heavy (non-hydrogen) atoms. The van der Waals surface area contributed by atoms with Crippen LogP contribution in [-0.2, 0) is 13.0 Å². The van der Waals surface area contributed by atoms with Gasteiger partial charge in [0.15, 0.2) is 5.69 Å². The Bertz CT molecular complexity index is 649. The van der Waals surface area contributed by atoms with Crippen molar-refractivity contribution in [3.63, 3.8) is 0 Å². The number of carbonyl (C=O) groups is 1. The van der Waals surface area contributed by atoms with E-state index in [2.05, 4.69) is 16.9 Å². The lowest BCUT2D eigenvalue weighted by molar-refractivity contribution is 0.0687. The van der Waals surface area contributed by atoms with Crippen LogP contribution >= 0.6 is 0 Å². The zero-order chi connectivity index (χ0) is 14.8. The molecule has 0 spiro atoms. The van der Waals surface area contributed by atoms with E-state index in [1.54, 1.807) is 4.68 Å². The summed E-state index contributed by atoms with van der Waals surface area (Å²) < 4.78 is 1.79. The van der Waals surface area contributed by atoms with Gasteiger partial charge in [-0.1, -0.05) is 25.1 Å². The smallest absolute Gasteiger partial charge is 0.356 e. The maximum absolute atomic E-state index is 11.5. The molecule has 5 nitrogen and oxygen atoms in total. The Balaban J connectivity index is 2.05. The number of hydrogen-bond donors (Lipinski definition) is 1. The Morgan fingerprint density at radius 2 is 2.10 bits per heavy atom. The van der Waals surface area contributed by atoms with Gasteiger partial charge in [-0.15, -0.1) is 0 Å². The highest BCUT2D eigenvalue weighted by atomic mass is 16.4. The van der Waals surface area contributed by atoms with Gasteiger partial charge in [-0.3, -0.25) is 4.90 Å². The molecule has 0 atom stereocenters. The maximum atomic E-state index is 11.5. The Kier molecular flexibility index (Phi) is 3.75. The second kappa shape index (κ2) is 5.69. The molecule has 0 radical (unpaired) electrons. The molecule has 1 aromatic heterocycles. The molecule has 0 aliphatic carbocycles. The van der Waals surface area contributed by atoms with E-state index in [4.69, 9.17) is 0 Å². The molecule has 1 aliphatic heterocycles. The summed E-state index contributed by atoms with van der Waals surface area (Å²) in [6.07, 6.45) is 1.91. The van der Waals surface area contributed by atoms with Gasteiger partial charge >= 0.3 is 5.97 Å². The van der Waals surface area contributed by atoms with Crippen LogP contribution in [-0.4, -0.2) is 38.8 Å². The van der Waals surface area contributed by atoms with E-state index >= 15 is 0 Å². The van der Waals surface area contributed by atoms with Crippen LogP contribution in [0.4, 0.5) is 0 Å². The third-order valence-corrected chi connectivity index (χ3v) is 3.88. The van der Waals surface area contributed by atoms with Gasteiger partial charge in [0.1, 0.15) is 0 Å². The monoisotopic (exact) mass is 285 g/mol. The minimum absolute atomic E-state index is 0.189. The number of carboxylic acid groups (broad SMARTS) is 1. The summed E-state index contributed by atoms with van der Waals surface area (Å²) in [5.41, 5.74) is 3.01. The molecule has 1 N–H and O–H groups in total. The number of aromatic nitrogens is 2. The Hall–Kier alpha value is -2.14. The molecule has 2 aromatic rings. The van der Waals surface area contributed by atoms with Gasteiger partial charge in [0.25, 0.3) is 0 Å². The van der Waals surface area contributed by atoms with Crippen LogP contribution in [0.15, 0.2) is 30.3 Å². The largest absolute Gasteiger partial charge is 0.476 e. The highest BCUT2D eigenvalue weighted by Crippen LogP contribution is 2.25. The third-order valence-electron chi connectivity index (χ3n) is 3.88. The van der Waals surface area contributed by atoms with Crippen molar-refractivity contribution in [3.05, 3.63) is 47.3 Å². The molecule has 0 unspecified atom stereocenters. The van der Waals surface area contributed by atoms with Gasteiger partial charge < -0.3 is 5.11 Å². The topological polar surface area (TPSA) is 58.4 Å². The van der Waals surface area contributed by atoms with Gasteiger partial charge in [0, 0.05) is 25.1 Å². The fourth-order valence-electron chi connectivity index (χ4n) is 2.94. The predicted molar refractivity (Wildman–Crippen MR) is 79.8 cm³/mol. The fraction of sp³-hybridized carbons (Fsp3) is 0.375. The molecule has 0 amide bonds. The summed E-state index contributed by atoms with van der Waals surface area (Å²) in [5, 5.41) is 13.8. The molecule has 5 heteroatoms. The van der Waals surface area contributed by atoms with Gasteiger partial charge in [-0.25, -0.2) is 9.48 Å². The molecule has 0 saturated heterocycles. The second-order valence-electron chi connectivity index (χ2n) is 5.35. The van der Waals surface area contributed by atoms with Gasteiger partial charge in [-0.2, -0.15) is 5.10 Å². The molecule has 0 fully saturated rings. The molecule has 1 aliphatic rings. The Morgan fingerprint density at radius 1 is 1.33 bits per heavy atom. The molecule has 3 rings (SSSR count). The standard InChI is InChI=1S/C16H19N3O2/c1-2-9-18-10-8-14-13(11-18)15(16(20)21)17-19(14)12-6-4-3-5-7-12/h3-7H,2,8-11H2,1H3,(H,20,21). The van der Waals surface area contributed by atoms with E-state index in [1.807, 2.05) is 30.3 Å². The Labute approximate surface area is 123 Å². The summed E-state index contributed by atoms with van der Waals surface area (Å²) in [4.78, 5) is 13.8. The summed E-state index contributed by atoms with van der Waals surface area (Å²) >= 11 is 0. The van der Waals surface area contributed by atoms with E-state index in [1.165, 1.54) is 0 Å². The lowest BCUT2D eigenvalue weighted by Gasteiger charge is -2.27. The number of hydrogen-bond acceptors (Lipinski definition) is 3. The van der Waals surface area contributed by atoms with Crippen LogP contribution < -0.4 is 0 Å². The fourth-order valence-corrected chi connectivity index (χ4v) is 2.94. The second-order valence-corrected chi connectivity index (χ2v) is 5.35. The van der Waals surface area contributed by atoms with E-state index in [-0.39, 0.29) is 5.69 Å². The lowest BCUT2D eigenvalue weighted by Crippen LogP contribution is -2.32. The number of carboxylic acids is 1. The van der Waals surface area contributed by atoms with Crippen molar-refractivity contribution in [1.82, 2.24) is 14.7 Å². The number of para-hydroxylation sites is 1. The van der Waals surface area contributed by atoms with Crippen molar-refractivity contribution >= 4 is 5.97 Å². The molecule has 1 aromatic carbocycles. The number of rotatable bonds is 4. The first-order chi connectivity index (χ1) is 10.2. The van der Waals surface area contributed by atoms with Gasteiger partial charge in [0.05, 0.1) is 11.4 Å². The van der Waals surface area contributed by atoms with Crippen molar-refractivity contribution in [3.8, 4) is 5.69 Å². The van der Waals surface area contributed by atoms with Crippen molar-refractivity contribution < 1.29 is 9.90 Å². The van der Waals surface area contributed by atoms with E-state index in [0.29, 0.717) is 6.54 Å². The van der Waals surface area contributed by atoms with E-state index in [9.17, 15) is 9.90 Å². The predicted octanol–water partition coefficient (Wildman–Crippen LogP) is 2.34. The van der Waals surface area contributed by atoms with Gasteiger partial charge in [0.2, 0.25) is 0 Å². The number of fused-ring (bicyclic) bond motifs is 1. The molecular weight excluding hydrogens is 266 g/mol. The van der Waals surface area contributed by atoms with Gasteiger partial charge in [-0.05, 0) is 25.1 Å². The minimum atomic E-state index is -0.945. The number of nitrogens with zero attached hydrogens (tertiary/aromatic N) is 3. The molecule has 0 saturated carbocycles. The highest BCUT2D eigenvalue weighted by molar-refractivity contribution is 5.87. The average molecular weight is 285 g/mol. The zero-order valence-corrected chi connectivity index (χ0v) is 12.1. The van der Waals surface area contributed by atoms with Crippen molar-refractivity contribution in [2.75, 3.05) is 13.1 Å². The molecule has 110 valence electrons. The summed E-state index contributed by atoms with van der Waals surface area (Å²) in [6.45, 7) is 4.77. The van der Waals surface area contributed by atoms with Crippen LogP contribution in [0, 0.1) is 0 Å². The van der Waals surface area contributed by atoms with E-state index in [0.717, 1.165) is 42.9 Å². The SMILES string of the molecule is CCCN1CCc2c(c(C(=O)O)nn2-c2ccccc2)C1. The first-order valence-electron chi connectivity index (χ1n) is 7.32. The third kappa shape index (κ3) is 2.56. The number of benzene rings is 1. The highest BCUT2D eigenvalue weighted by Gasteiger charge is 2.28.